The Morgan fingerprint density at radius 3 is 2.50 bits per heavy atom. The molecule has 1 unspecified atom stereocenters. The van der Waals surface area contributed by atoms with E-state index < -0.39 is 24.7 Å². The van der Waals surface area contributed by atoms with Crippen LogP contribution in [0, 0.1) is 5.92 Å². The van der Waals surface area contributed by atoms with Crippen LogP contribution in [0.15, 0.2) is 0 Å². The second kappa shape index (κ2) is 5.58. The van der Waals surface area contributed by atoms with Crippen LogP contribution < -0.4 is 5.32 Å². The van der Waals surface area contributed by atoms with Gasteiger partial charge in [0.25, 0.3) is 0 Å². The number of amides is 2. The molecule has 7 heteroatoms. The zero-order valence-corrected chi connectivity index (χ0v) is 10.4. The second-order valence-electron chi connectivity index (χ2n) is 4.87. The van der Waals surface area contributed by atoms with Crippen LogP contribution in [0.4, 0.5) is 13.2 Å². The minimum atomic E-state index is -4.44. The van der Waals surface area contributed by atoms with Crippen molar-refractivity contribution < 1.29 is 22.8 Å². The van der Waals surface area contributed by atoms with Gasteiger partial charge in [0.05, 0.1) is 0 Å². The van der Waals surface area contributed by atoms with Crippen LogP contribution >= 0.6 is 0 Å². The summed E-state index contributed by atoms with van der Waals surface area (Å²) < 4.78 is 37.0. The van der Waals surface area contributed by atoms with E-state index in [4.69, 9.17) is 0 Å². The van der Waals surface area contributed by atoms with Crippen molar-refractivity contribution in [3.8, 4) is 0 Å². The highest BCUT2D eigenvalue weighted by atomic mass is 19.4. The monoisotopic (exact) mass is 266 g/mol. The zero-order chi connectivity index (χ0) is 13.9. The van der Waals surface area contributed by atoms with Gasteiger partial charge in [-0.3, -0.25) is 9.59 Å². The topological polar surface area (TPSA) is 49.4 Å². The fraction of sp³-hybridized carbons (Fsp3) is 0.818. The summed E-state index contributed by atoms with van der Waals surface area (Å²) >= 11 is 0. The molecule has 1 aliphatic rings. The first-order valence-corrected chi connectivity index (χ1v) is 5.84. The molecule has 0 saturated carbocycles. The van der Waals surface area contributed by atoms with Gasteiger partial charge in [-0.1, -0.05) is 13.8 Å². The van der Waals surface area contributed by atoms with Gasteiger partial charge < -0.3 is 10.2 Å². The molecular weight excluding hydrogens is 249 g/mol. The van der Waals surface area contributed by atoms with E-state index in [1.807, 2.05) is 13.8 Å². The highest BCUT2D eigenvalue weighted by Crippen LogP contribution is 2.19. The van der Waals surface area contributed by atoms with Crippen molar-refractivity contribution in [3.05, 3.63) is 0 Å². The molecule has 18 heavy (non-hydrogen) atoms. The Hall–Kier alpha value is -1.27. The normalized spacial score (nSPS) is 22.1. The van der Waals surface area contributed by atoms with E-state index in [0.29, 0.717) is 11.3 Å². The lowest BCUT2D eigenvalue weighted by Crippen LogP contribution is -2.47. The summed E-state index contributed by atoms with van der Waals surface area (Å²) in [5.74, 6) is -0.907. The van der Waals surface area contributed by atoms with E-state index in [0.717, 1.165) is 0 Å². The third kappa shape index (κ3) is 4.54. The van der Waals surface area contributed by atoms with Crippen LogP contribution in [-0.2, 0) is 9.59 Å². The van der Waals surface area contributed by atoms with Gasteiger partial charge in [-0.25, -0.2) is 0 Å². The highest BCUT2D eigenvalue weighted by molar-refractivity contribution is 5.89. The fourth-order valence-corrected chi connectivity index (χ4v) is 1.90. The Morgan fingerprint density at radius 2 is 2.00 bits per heavy atom. The summed E-state index contributed by atoms with van der Waals surface area (Å²) in [4.78, 5) is 24.0. The highest BCUT2D eigenvalue weighted by Gasteiger charge is 2.37. The second-order valence-corrected chi connectivity index (χ2v) is 4.87. The van der Waals surface area contributed by atoms with E-state index in [1.54, 1.807) is 0 Å². The minimum Gasteiger partial charge on any atom is -0.344 e. The van der Waals surface area contributed by atoms with Crippen LogP contribution in [0.2, 0.25) is 0 Å². The maximum Gasteiger partial charge on any atom is 0.406 e. The van der Waals surface area contributed by atoms with Gasteiger partial charge in [-0.05, 0) is 12.3 Å². The van der Waals surface area contributed by atoms with Gasteiger partial charge in [0.2, 0.25) is 11.8 Å². The smallest absolute Gasteiger partial charge is 0.344 e. The molecule has 0 aliphatic carbocycles. The Labute approximate surface area is 104 Å². The molecule has 1 saturated heterocycles. The molecular formula is C11H17F3N2O2. The summed E-state index contributed by atoms with van der Waals surface area (Å²) in [5.41, 5.74) is 0. The number of nitrogens with zero attached hydrogens (tertiary/aromatic N) is 1. The van der Waals surface area contributed by atoms with Crippen LogP contribution in [0.1, 0.15) is 26.7 Å². The average Bonchev–Trinajstić information content (AvgIpc) is 2.29. The first kappa shape index (κ1) is 14.8. The number of hydrogen-bond acceptors (Lipinski definition) is 2. The van der Waals surface area contributed by atoms with Crippen molar-refractivity contribution in [1.29, 1.82) is 0 Å². The van der Waals surface area contributed by atoms with Crippen molar-refractivity contribution in [2.24, 2.45) is 5.92 Å². The van der Waals surface area contributed by atoms with Gasteiger partial charge >= 0.3 is 6.18 Å². The molecule has 0 spiro atoms. The van der Waals surface area contributed by atoms with E-state index in [1.165, 1.54) is 0 Å². The lowest BCUT2D eigenvalue weighted by molar-refractivity contribution is -0.161. The van der Waals surface area contributed by atoms with Crippen molar-refractivity contribution in [2.45, 2.75) is 38.9 Å². The number of rotatable bonds is 3. The van der Waals surface area contributed by atoms with Crippen LogP contribution in [0.5, 0.6) is 0 Å². The summed E-state index contributed by atoms with van der Waals surface area (Å²) in [5, 5.41) is 2.48. The van der Waals surface area contributed by atoms with Crippen molar-refractivity contribution >= 4 is 11.8 Å². The van der Waals surface area contributed by atoms with Crippen molar-refractivity contribution in [2.75, 3.05) is 13.1 Å². The largest absolute Gasteiger partial charge is 0.406 e. The standard InChI is InChI=1S/C11H17F3N2O2/c1-7(2)5-8-10(18)16(6-11(12,13)14)4-3-9(17)15-8/h7-8H,3-6H2,1-2H3,(H,15,17). The zero-order valence-electron chi connectivity index (χ0n) is 10.4. The number of nitrogens with one attached hydrogen (secondary N) is 1. The first-order valence-electron chi connectivity index (χ1n) is 5.84. The van der Waals surface area contributed by atoms with Crippen LogP contribution in [0.3, 0.4) is 0 Å². The van der Waals surface area contributed by atoms with Gasteiger partial charge in [-0.15, -0.1) is 0 Å². The Balaban J connectivity index is 2.79. The Bertz CT molecular complexity index is 329. The average molecular weight is 266 g/mol. The van der Waals surface area contributed by atoms with Crippen LogP contribution in [0.25, 0.3) is 0 Å². The molecule has 1 N–H and O–H groups in total. The fourth-order valence-electron chi connectivity index (χ4n) is 1.90. The quantitative estimate of drug-likeness (QED) is 0.837. The molecule has 0 bridgehead atoms. The molecule has 4 nitrogen and oxygen atoms in total. The van der Waals surface area contributed by atoms with Crippen LogP contribution in [-0.4, -0.2) is 42.0 Å². The lowest BCUT2D eigenvalue weighted by atomic mass is 10.0. The molecule has 104 valence electrons. The van der Waals surface area contributed by atoms with E-state index in [9.17, 15) is 22.8 Å². The molecule has 0 radical (unpaired) electrons. The lowest BCUT2D eigenvalue weighted by Gasteiger charge is -2.25. The summed E-state index contributed by atoms with van der Waals surface area (Å²) in [6.07, 6.45) is -4.18. The number of hydrogen-bond donors (Lipinski definition) is 1. The third-order valence-electron chi connectivity index (χ3n) is 2.63. The maximum atomic E-state index is 12.3. The van der Waals surface area contributed by atoms with E-state index >= 15 is 0 Å². The van der Waals surface area contributed by atoms with Gasteiger partial charge in [0.1, 0.15) is 12.6 Å². The van der Waals surface area contributed by atoms with E-state index in [2.05, 4.69) is 5.32 Å². The molecule has 1 heterocycles. The molecule has 2 amide bonds. The van der Waals surface area contributed by atoms with Crippen molar-refractivity contribution in [1.82, 2.24) is 10.2 Å². The van der Waals surface area contributed by atoms with E-state index in [-0.39, 0.29) is 24.8 Å². The molecule has 1 fully saturated rings. The molecule has 0 aromatic heterocycles. The van der Waals surface area contributed by atoms with Gasteiger partial charge in [0.15, 0.2) is 0 Å². The molecule has 1 aliphatic heterocycles. The first-order chi connectivity index (χ1) is 8.19. The number of carbonyl (C=O) groups excluding carboxylic acids is 2. The molecule has 0 aromatic carbocycles. The summed E-state index contributed by atoms with van der Waals surface area (Å²) in [7, 11) is 0. The predicted molar refractivity (Wildman–Crippen MR) is 58.6 cm³/mol. The van der Waals surface area contributed by atoms with Gasteiger partial charge in [-0.2, -0.15) is 13.2 Å². The molecule has 0 aromatic rings. The Morgan fingerprint density at radius 1 is 1.39 bits per heavy atom. The Kier molecular flexibility index (Phi) is 4.59. The summed E-state index contributed by atoms with van der Waals surface area (Å²) in [6, 6.07) is -0.845. The third-order valence-corrected chi connectivity index (χ3v) is 2.63. The number of carbonyl (C=O) groups is 2. The summed E-state index contributed by atoms with van der Waals surface area (Å²) in [6.45, 7) is 2.21. The van der Waals surface area contributed by atoms with Crippen molar-refractivity contribution in [3.63, 3.8) is 0 Å². The molecule has 1 atom stereocenters. The SMILES string of the molecule is CC(C)CC1NC(=O)CCN(CC(F)(F)F)C1=O. The number of halogens is 3. The predicted octanol–water partition coefficient (Wildman–Crippen LogP) is 1.31. The number of alkyl halides is 3. The maximum absolute atomic E-state index is 12.3. The minimum absolute atomic E-state index is 0.0869. The van der Waals surface area contributed by atoms with Gasteiger partial charge in [0, 0.05) is 13.0 Å². The molecule has 1 rings (SSSR count).